The summed E-state index contributed by atoms with van der Waals surface area (Å²) in [7, 11) is 0. The largest absolute Gasteiger partial charge is 0.394 e. The molecule has 0 spiro atoms. The van der Waals surface area contributed by atoms with Crippen LogP contribution in [0.1, 0.15) is 17.4 Å². The van der Waals surface area contributed by atoms with Crippen molar-refractivity contribution in [1.29, 1.82) is 0 Å². The number of aliphatic hydroxyl groups excluding tert-OH is 3. The third kappa shape index (κ3) is 3.45. The van der Waals surface area contributed by atoms with Gasteiger partial charge in [-0.3, -0.25) is 4.57 Å². The van der Waals surface area contributed by atoms with Crippen LogP contribution in [-0.4, -0.2) is 59.8 Å². The first-order valence-corrected chi connectivity index (χ1v) is 9.77. The Morgan fingerprint density at radius 1 is 1.18 bits per heavy atom. The molecule has 1 aliphatic heterocycles. The van der Waals surface area contributed by atoms with Gasteiger partial charge in [-0.15, -0.1) is 0 Å². The van der Waals surface area contributed by atoms with E-state index in [4.69, 9.17) is 10.5 Å². The van der Waals surface area contributed by atoms with Gasteiger partial charge in [0, 0.05) is 5.75 Å². The Morgan fingerprint density at radius 2 is 1.93 bits per heavy atom. The van der Waals surface area contributed by atoms with Gasteiger partial charge < -0.3 is 25.8 Å². The molecule has 3 heterocycles. The normalized spacial score (nSPS) is 24.9. The average Bonchev–Trinajstić information content (AvgIpc) is 3.22. The van der Waals surface area contributed by atoms with Crippen LogP contribution in [0.4, 0.5) is 5.95 Å². The van der Waals surface area contributed by atoms with Crippen molar-refractivity contribution in [1.82, 2.24) is 19.5 Å². The maximum absolute atomic E-state index is 10.3. The average molecular weight is 403 g/mol. The van der Waals surface area contributed by atoms with Gasteiger partial charge in [0.1, 0.15) is 28.9 Å². The van der Waals surface area contributed by atoms with Gasteiger partial charge in [-0.1, -0.05) is 41.6 Å². The standard InChI is InChI=1S/C18H21N5O4S/c1-9-2-4-10(5-3-9)7-28-16-12-15(21-18(19)22-16)23(8-20-12)17-14(26)13(25)11(6-24)27-17/h2-5,8,11,13-14,17,24-26H,6-7H2,1H3,(H2,19,21,22)/t11-,13-,14-,17-/m1/s1. The topological polar surface area (TPSA) is 140 Å². The van der Waals surface area contributed by atoms with Crippen molar-refractivity contribution in [3.8, 4) is 0 Å². The number of fused-ring (bicyclic) bond motifs is 1. The number of aromatic nitrogens is 4. The smallest absolute Gasteiger partial charge is 0.223 e. The van der Waals surface area contributed by atoms with E-state index < -0.39 is 31.1 Å². The number of thioether (sulfide) groups is 1. The first-order chi connectivity index (χ1) is 13.5. The highest BCUT2D eigenvalue weighted by Crippen LogP contribution is 2.34. The fourth-order valence-electron chi connectivity index (χ4n) is 3.14. The van der Waals surface area contributed by atoms with Gasteiger partial charge in [0.05, 0.1) is 12.9 Å². The Morgan fingerprint density at radius 3 is 2.61 bits per heavy atom. The van der Waals surface area contributed by atoms with Gasteiger partial charge in [-0.05, 0) is 12.5 Å². The maximum Gasteiger partial charge on any atom is 0.223 e. The number of imidazole rings is 1. The summed E-state index contributed by atoms with van der Waals surface area (Å²) in [5.74, 6) is 0.763. The van der Waals surface area contributed by atoms with Crippen LogP contribution >= 0.6 is 11.8 Å². The van der Waals surface area contributed by atoms with E-state index in [-0.39, 0.29) is 5.95 Å². The first-order valence-electron chi connectivity index (χ1n) is 8.78. The number of aryl methyl sites for hydroxylation is 1. The van der Waals surface area contributed by atoms with Gasteiger partial charge in [-0.2, -0.15) is 4.98 Å². The predicted octanol–water partition coefficient (Wildman–Crippen LogP) is 0.621. The van der Waals surface area contributed by atoms with Crippen LogP contribution in [0.5, 0.6) is 0 Å². The number of nitrogens with zero attached hydrogens (tertiary/aromatic N) is 4. The lowest BCUT2D eigenvalue weighted by Gasteiger charge is -2.16. The number of rotatable bonds is 5. The molecule has 4 rings (SSSR count). The summed E-state index contributed by atoms with van der Waals surface area (Å²) in [5, 5.41) is 30.2. The Balaban J connectivity index is 1.64. The number of anilines is 1. The Kier molecular flexibility index (Phi) is 5.21. The highest BCUT2D eigenvalue weighted by atomic mass is 32.2. The van der Waals surface area contributed by atoms with Crippen LogP contribution in [0.2, 0.25) is 0 Å². The summed E-state index contributed by atoms with van der Waals surface area (Å²) < 4.78 is 7.08. The molecule has 0 radical (unpaired) electrons. The Labute approximate surface area is 165 Å². The second-order valence-corrected chi connectivity index (χ2v) is 7.68. The quantitative estimate of drug-likeness (QED) is 0.356. The summed E-state index contributed by atoms with van der Waals surface area (Å²) in [6.07, 6.45) is -2.78. The van der Waals surface area contributed by atoms with Crippen LogP contribution in [0.15, 0.2) is 35.6 Å². The maximum atomic E-state index is 10.3. The molecule has 4 atom stereocenters. The van der Waals surface area contributed by atoms with Gasteiger partial charge in [-0.25, -0.2) is 9.97 Å². The molecule has 28 heavy (non-hydrogen) atoms. The summed E-state index contributed by atoms with van der Waals surface area (Å²) >= 11 is 1.49. The molecule has 148 valence electrons. The van der Waals surface area contributed by atoms with E-state index in [9.17, 15) is 15.3 Å². The number of benzene rings is 1. The summed E-state index contributed by atoms with van der Waals surface area (Å²) in [4.78, 5) is 12.9. The highest BCUT2D eigenvalue weighted by Gasteiger charge is 2.44. The molecular formula is C18H21N5O4S. The lowest BCUT2D eigenvalue weighted by Crippen LogP contribution is -2.33. The highest BCUT2D eigenvalue weighted by molar-refractivity contribution is 7.98. The molecule has 1 aliphatic rings. The molecule has 10 heteroatoms. The van der Waals surface area contributed by atoms with Gasteiger partial charge in [0.25, 0.3) is 0 Å². The zero-order valence-electron chi connectivity index (χ0n) is 15.1. The minimum Gasteiger partial charge on any atom is -0.394 e. The number of aliphatic hydroxyl groups is 3. The minimum atomic E-state index is -1.23. The molecule has 1 fully saturated rings. The molecule has 9 nitrogen and oxygen atoms in total. The van der Waals surface area contributed by atoms with E-state index in [1.54, 1.807) is 0 Å². The zero-order chi connectivity index (χ0) is 19.8. The van der Waals surface area contributed by atoms with Crippen LogP contribution in [0.3, 0.4) is 0 Å². The molecule has 2 aromatic heterocycles. The SMILES string of the molecule is Cc1ccc(CSc2nc(N)nc3c2ncn3[C@@H]2O[C@H](CO)[C@@H](O)[C@H]2O)cc1. The molecule has 1 saturated heterocycles. The van der Waals surface area contributed by atoms with Crippen molar-refractivity contribution in [2.45, 2.75) is 42.2 Å². The molecular weight excluding hydrogens is 382 g/mol. The van der Waals surface area contributed by atoms with Crippen molar-refractivity contribution in [3.05, 3.63) is 41.7 Å². The second kappa shape index (κ2) is 7.64. The molecule has 0 bridgehead atoms. The number of nitrogen functional groups attached to an aromatic ring is 1. The molecule has 1 aromatic carbocycles. The second-order valence-electron chi connectivity index (χ2n) is 6.71. The van der Waals surface area contributed by atoms with Crippen LogP contribution in [-0.2, 0) is 10.5 Å². The van der Waals surface area contributed by atoms with Crippen molar-refractivity contribution in [2.75, 3.05) is 12.3 Å². The van der Waals surface area contributed by atoms with Gasteiger partial charge in [0.15, 0.2) is 11.9 Å². The summed E-state index contributed by atoms with van der Waals surface area (Å²) in [6, 6.07) is 8.22. The van der Waals surface area contributed by atoms with E-state index in [2.05, 4.69) is 39.2 Å². The summed E-state index contributed by atoms with van der Waals surface area (Å²) in [6.45, 7) is 1.63. The van der Waals surface area contributed by atoms with Crippen LogP contribution < -0.4 is 5.73 Å². The van der Waals surface area contributed by atoms with E-state index in [0.717, 1.165) is 5.56 Å². The van der Waals surface area contributed by atoms with E-state index in [1.165, 1.54) is 28.2 Å². The fraction of sp³-hybridized carbons (Fsp3) is 0.389. The van der Waals surface area contributed by atoms with Crippen molar-refractivity contribution in [3.63, 3.8) is 0 Å². The van der Waals surface area contributed by atoms with Crippen molar-refractivity contribution >= 4 is 28.9 Å². The van der Waals surface area contributed by atoms with Crippen molar-refractivity contribution < 1.29 is 20.1 Å². The molecule has 0 saturated carbocycles. The van der Waals surface area contributed by atoms with E-state index >= 15 is 0 Å². The molecule has 0 amide bonds. The minimum absolute atomic E-state index is 0.0763. The molecule has 0 aliphatic carbocycles. The molecule has 3 aromatic rings. The lowest BCUT2D eigenvalue weighted by atomic mass is 10.1. The first kappa shape index (κ1) is 19.1. The Hall–Kier alpha value is -2.24. The Bertz CT molecular complexity index is 980. The monoisotopic (exact) mass is 403 g/mol. The number of hydrogen-bond acceptors (Lipinski definition) is 9. The number of hydrogen-bond donors (Lipinski definition) is 4. The predicted molar refractivity (Wildman–Crippen MR) is 103 cm³/mol. The van der Waals surface area contributed by atoms with Crippen molar-refractivity contribution in [2.24, 2.45) is 0 Å². The molecule has 5 N–H and O–H groups in total. The van der Waals surface area contributed by atoms with Gasteiger partial charge >= 0.3 is 0 Å². The number of nitrogens with two attached hydrogens (primary N) is 1. The third-order valence-corrected chi connectivity index (χ3v) is 5.73. The fourth-order valence-corrected chi connectivity index (χ4v) is 4.07. The zero-order valence-corrected chi connectivity index (χ0v) is 16.0. The lowest BCUT2D eigenvalue weighted by molar-refractivity contribution is -0.0511. The van der Waals surface area contributed by atoms with E-state index in [0.29, 0.717) is 21.9 Å². The third-order valence-electron chi connectivity index (χ3n) is 4.69. The van der Waals surface area contributed by atoms with E-state index in [1.807, 2.05) is 6.92 Å². The number of ether oxygens (including phenoxy) is 1. The van der Waals surface area contributed by atoms with Gasteiger partial charge in [0.2, 0.25) is 5.95 Å². The van der Waals surface area contributed by atoms with Crippen LogP contribution in [0.25, 0.3) is 11.2 Å². The molecule has 0 unspecified atom stereocenters. The summed E-state index contributed by atoms with van der Waals surface area (Å²) in [5.41, 5.74) is 9.15. The van der Waals surface area contributed by atoms with Crippen LogP contribution in [0, 0.1) is 6.92 Å².